The number of oxime groups is 2. The van der Waals surface area contributed by atoms with Crippen LogP contribution in [0.3, 0.4) is 0 Å². The zero-order valence-electron chi connectivity index (χ0n) is 41.1. The Bertz CT molecular complexity index is 1680. The first kappa shape index (κ1) is 59.1. The molecule has 13 heteroatoms. The summed E-state index contributed by atoms with van der Waals surface area (Å²) in [5, 5.41) is 9.32. The summed E-state index contributed by atoms with van der Waals surface area (Å²) < 4.78 is 0. The molecular formula is C49H80N10O2S. The van der Waals surface area contributed by atoms with Crippen molar-refractivity contribution in [3.05, 3.63) is 119 Å². The average Bonchev–Trinajstić information content (AvgIpc) is 3.75. The van der Waals surface area contributed by atoms with E-state index in [-0.39, 0.29) is 0 Å². The molecule has 0 fully saturated rings. The Morgan fingerprint density at radius 1 is 0.613 bits per heavy atom. The van der Waals surface area contributed by atoms with E-state index in [1.54, 1.807) is 55.8 Å². The van der Waals surface area contributed by atoms with E-state index in [9.17, 15) is 0 Å². The van der Waals surface area contributed by atoms with E-state index in [2.05, 4.69) is 150 Å². The number of rotatable bonds is 12. The van der Waals surface area contributed by atoms with Crippen molar-refractivity contribution in [2.24, 2.45) is 34.0 Å². The quantitative estimate of drug-likeness (QED) is 0.0876. The Kier molecular flexibility index (Phi) is 37.0. The predicted octanol–water partition coefficient (Wildman–Crippen LogP) is 12.7. The summed E-state index contributed by atoms with van der Waals surface area (Å²) in [5.41, 5.74) is 7.67. The molecule has 12 nitrogen and oxygen atoms in total. The summed E-state index contributed by atoms with van der Waals surface area (Å²) in [4.78, 5) is 41.7. The van der Waals surface area contributed by atoms with E-state index in [0.29, 0.717) is 42.1 Å². The van der Waals surface area contributed by atoms with Crippen LogP contribution in [0.4, 0.5) is 0 Å². The molecule has 0 unspecified atom stereocenters. The van der Waals surface area contributed by atoms with Crippen LogP contribution < -0.4 is 0 Å². The highest BCUT2D eigenvalue weighted by molar-refractivity contribution is 7.07. The lowest BCUT2D eigenvalue weighted by Crippen LogP contribution is -1.95. The third kappa shape index (κ3) is 37.9. The van der Waals surface area contributed by atoms with Crippen LogP contribution in [-0.4, -0.2) is 66.0 Å². The van der Waals surface area contributed by atoms with Crippen LogP contribution >= 0.6 is 11.3 Å². The standard InChI is InChI=1S/C9H13N.C8H12N2.2C7H10N2.C7H11NS.C6H13NO.C5H11NO/c1-8(2)7-9-5-3-4-6-10-9;1-6(2)8-9-4-7(3)5-10-8;1-6(2)7-3-8-5-9-4-7;1-6(2)7-5-8-3-4-9-7;1-6(2)3-7-4-9-5-8-7;1-4-8-7-5-6(2)3;1-5(2)4-6-7-3/h3-6,8H,7H2,1-2H3;4-6H,1-3H3;2*3-6H,1-2H3;4-6H,3H2,1-2H3;5-6H,4H2,1-3H3;4-5H,1-3H3/b;;;;;7-5-;. The molecule has 0 N–H and O–H groups in total. The molecule has 62 heavy (non-hydrogen) atoms. The van der Waals surface area contributed by atoms with Crippen LogP contribution in [0.2, 0.25) is 0 Å². The van der Waals surface area contributed by atoms with Crippen LogP contribution in [0.15, 0.2) is 95.3 Å². The molecule has 0 radical (unpaired) electrons. The lowest BCUT2D eigenvalue weighted by atomic mass is 10.1. The molecule has 0 saturated carbocycles. The highest BCUT2D eigenvalue weighted by atomic mass is 32.1. The second-order valence-corrected chi connectivity index (χ2v) is 17.2. The summed E-state index contributed by atoms with van der Waals surface area (Å²) in [6.45, 7) is 34.2. The fourth-order valence-corrected chi connectivity index (χ4v) is 4.61. The van der Waals surface area contributed by atoms with E-state index in [1.165, 1.54) is 17.0 Å². The summed E-state index contributed by atoms with van der Waals surface area (Å²) in [7, 11) is 1.54. The third-order valence-electron chi connectivity index (χ3n) is 7.21. The Hall–Kier alpha value is -5.04. The largest absolute Gasteiger partial charge is 0.399 e. The minimum absolute atomic E-state index is 0.431. The van der Waals surface area contributed by atoms with E-state index in [1.807, 2.05) is 76.3 Å². The molecule has 0 atom stereocenters. The highest BCUT2D eigenvalue weighted by Crippen LogP contribution is 2.10. The van der Waals surface area contributed by atoms with E-state index in [0.717, 1.165) is 35.8 Å². The lowest BCUT2D eigenvalue weighted by Gasteiger charge is -2.01. The average molecular weight is 873 g/mol. The topological polar surface area (TPSA) is 146 Å². The van der Waals surface area contributed by atoms with Gasteiger partial charge in [-0.15, -0.1) is 11.3 Å². The number of thiazole rings is 1. The van der Waals surface area contributed by atoms with Gasteiger partial charge in [0, 0.05) is 79.0 Å². The Balaban J connectivity index is 0. The van der Waals surface area contributed by atoms with E-state index < -0.39 is 0 Å². The van der Waals surface area contributed by atoms with Crippen molar-refractivity contribution in [3.63, 3.8) is 0 Å². The fraction of sp³-hybridized carbons (Fsp3) is 0.551. The van der Waals surface area contributed by atoms with Crippen molar-refractivity contribution >= 4 is 23.8 Å². The van der Waals surface area contributed by atoms with Crippen molar-refractivity contribution in [1.29, 1.82) is 0 Å². The number of nitrogens with zero attached hydrogens (tertiary/aromatic N) is 10. The van der Waals surface area contributed by atoms with Gasteiger partial charge in [0.05, 0.1) is 16.9 Å². The van der Waals surface area contributed by atoms with Crippen LogP contribution in [-0.2, 0) is 22.5 Å². The number of pyridine rings is 1. The first-order valence-corrected chi connectivity index (χ1v) is 22.7. The van der Waals surface area contributed by atoms with Gasteiger partial charge in [-0.25, -0.2) is 24.9 Å². The normalized spacial score (nSPS) is 10.5. The van der Waals surface area contributed by atoms with Crippen molar-refractivity contribution in [2.75, 3.05) is 13.7 Å². The van der Waals surface area contributed by atoms with Gasteiger partial charge in [-0.2, -0.15) is 0 Å². The van der Waals surface area contributed by atoms with Crippen LogP contribution in [0, 0.1) is 30.6 Å². The van der Waals surface area contributed by atoms with Crippen LogP contribution in [0.25, 0.3) is 0 Å². The van der Waals surface area contributed by atoms with Gasteiger partial charge in [-0.3, -0.25) is 15.0 Å². The van der Waals surface area contributed by atoms with Gasteiger partial charge in [0.1, 0.15) is 25.9 Å². The number of aryl methyl sites for hydroxylation is 1. The molecule has 344 valence electrons. The van der Waals surface area contributed by atoms with Gasteiger partial charge in [0.25, 0.3) is 0 Å². The minimum atomic E-state index is 0.431. The Morgan fingerprint density at radius 3 is 1.58 bits per heavy atom. The zero-order valence-corrected chi connectivity index (χ0v) is 41.9. The van der Waals surface area contributed by atoms with Gasteiger partial charge in [0.15, 0.2) is 0 Å². The van der Waals surface area contributed by atoms with Crippen molar-refractivity contribution in [1.82, 2.24) is 39.9 Å². The molecule has 0 bridgehead atoms. The second-order valence-electron chi connectivity index (χ2n) is 16.5. The first-order chi connectivity index (χ1) is 29.4. The molecule has 5 aromatic rings. The van der Waals surface area contributed by atoms with Gasteiger partial charge in [-0.1, -0.05) is 113 Å². The minimum Gasteiger partial charge on any atom is -0.399 e. The van der Waals surface area contributed by atoms with E-state index in [4.69, 9.17) is 4.84 Å². The maximum atomic E-state index is 4.71. The molecule has 5 aromatic heterocycles. The highest BCUT2D eigenvalue weighted by Gasteiger charge is 2.00. The number of hydrogen-bond acceptors (Lipinski definition) is 13. The molecule has 0 amide bonds. The first-order valence-electron chi connectivity index (χ1n) is 21.7. The summed E-state index contributed by atoms with van der Waals surface area (Å²) in [6, 6.07) is 6.05. The second kappa shape index (κ2) is 38.9. The Morgan fingerprint density at radius 2 is 1.21 bits per heavy atom. The molecule has 5 rings (SSSR count). The van der Waals surface area contributed by atoms with Gasteiger partial charge < -0.3 is 9.68 Å². The summed E-state index contributed by atoms with van der Waals surface area (Å²) >= 11 is 1.67. The molecular weight excluding hydrogens is 793 g/mol. The predicted molar refractivity (Wildman–Crippen MR) is 262 cm³/mol. The number of aromatic nitrogens is 8. The number of hydrogen-bond donors (Lipinski definition) is 0. The van der Waals surface area contributed by atoms with Gasteiger partial charge in [0.2, 0.25) is 0 Å². The molecule has 0 spiro atoms. The molecule has 0 aliphatic carbocycles. The van der Waals surface area contributed by atoms with E-state index >= 15 is 0 Å². The van der Waals surface area contributed by atoms with Crippen molar-refractivity contribution in [2.45, 2.75) is 141 Å². The Labute approximate surface area is 380 Å². The third-order valence-corrected chi connectivity index (χ3v) is 7.85. The lowest BCUT2D eigenvalue weighted by molar-refractivity contribution is 0.159. The molecule has 0 aromatic carbocycles. The molecule has 5 heterocycles. The smallest absolute Gasteiger partial charge is 0.130 e. The fourth-order valence-electron chi connectivity index (χ4n) is 4.03. The van der Waals surface area contributed by atoms with Gasteiger partial charge in [-0.05, 0) is 85.5 Å². The van der Waals surface area contributed by atoms with Crippen LogP contribution in [0.1, 0.15) is 156 Å². The maximum absolute atomic E-state index is 4.71. The zero-order chi connectivity index (χ0) is 47.1. The molecule has 0 aliphatic rings. The summed E-state index contributed by atoms with van der Waals surface area (Å²) in [5.74, 6) is 4.78. The van der Waals surface area contributed by atoms with Crippen molar-refractivity contribution < 1.29 is 9.68 Å². The van der Waals surface area contributed by atoms with Crippen molar-refractivity contribution in [3.8, 4) is 0 Å². The molecule has 0 saturated heterocycles. The SMILES string of the molecule is CC(C)Cc1ccccn1.CC(C)Cc1cscn1.CC(C)c1cnccn1.CC(C)c1cncnc1.CCO/N=C\C(C)C.CON=CC(C)C.Cc1cnc(C(C)C)nc1. The van der Waals surface area contributed by atoms with Gasteiger partial charge >= 0.3 is 0 Å². The summed E-state index contributed by atoms with van der Waals surface area (Å²) in [6.07, 6.45) is 21.7. The monoisotopic (exact) mass is 873 g/mol. The molecule has 0 aliphatic heterocycles. The van der Waals surface area contributed by atoms with Crippen LogP contribution in [0.5, 0.6) is 0 Å². The maximum Gasteiger partial charge on any atom is 0.130 e.